The molecule has 0 radical (unpaired) electrons. The number of Topliss-reactive ketones (excluding diaryl/α,β-unsaturated/α-hetero) is 1. The van der Waals surface area contributed by atoms with Crippen molar-refractivity contribution in [2.24, 2.45) is 11.3 Å². The summed E-state index contributed by atoms with van der Waals surface area (Å²) < 4.78 is 15.7. The van der Waals surface area contributed by atoms with E-state index in [4.69, 9.17) is 14.2 Å². The van der Waals surface area contributed by atoms with Crippen LogP contribution in [0.3, 0.4) is 0 Å². The summed E-state index contributed by atoms with van der Waals surface area (Å²) in [5.41, 5.74) is 2.60. The van der Waals surface area contributed by atoms with Gasteiger partial charge in [0.1, 0.15) is 11.4 Å². The molecule has 3 rings (SSSR count). The van der Waals surface area contributed by atoms with Gasteiger partial charge < -0.3 is 19.1 Å². The van der Waals surface area contributed by atoms with Gasteiger partial charge in [0.15, 0.2) is 5.78 Å². The van der Waals surface area contributed by atoms with E-state index in [1.54, 1.807) is 13.8 Å². The van der Waals surface area contributed by atoms with Crippen LogP contribution in [0.5, 0.6) is 0 Å². The minimum Gasteiger partial charge on any atom is -0.437 e. The minimum atomic E-state index is -0.883. The lowest BCUT2D eigenvalue weighted by Crippen LogP contribution is -2.52. The average molecular weight is 460 g/mol. The van der Waals surface area contributed by atoms with E-state index in [0.717, 1.165) is 17.6 Å². The number of rotatable bonds is 4. The SMILES string of the molecule is COC(=O)OC1=C(C2=C(C)C=C(C)CC2C)C(=O)CC2(CCN(C(=O)C(C)(C)OC)CC2)C1. The predicted octanol–water partition coefficient (Wildman–Crippen LogP) is 4.72. The first-order chi connectivity index (χ1) is 15.4. The Balaban J connectivity index is 1.92. The number of allylic oxidation sites excluding steroid dienone is 6. The van der Waals surface area contributed by atoms with E-state index in [2.05, 4.69) is 19.9 Å². The van der Waals surface area contributed by atoms with E-state index >= 15 is 0 Å². The van der Waals surface area contributed by atoms with Crippen LogP contribution in [-0.2, 0) is 23.8 Å². The van der Waals surface area contributed by atoms with Crippen molar-refractivity contribution in [1.29, 1.82) is 0 Å². The van der Waals surface area contributed by atoms with Crippen molar-refractivity contribution >= 4 is 17.8 Å². The molecule has 1 heterocycles. The quantitative estimate of drug-likeness (QED) is 0.566. The van der Waals surface area contributed by atoms with Crippen LogP contribution in [0.1, 0.15) is 66.7 Å². The van der Waals surface area contributed by atoms with Gasteiger partial charge in [-0.2, -0.15) is 0 Å². The van der Waals surface area contributed by atoms with Crippen LogP contribution in [0.4, 0.5) is 4.79 Å². The smallest absolute Gasteiger partial charge is 0.437 e. The normalized spacial score (nSPS) is 23.6. The van der Waals surface area contributed by atoms with Crippen LogP contribution in [0.25, 0.3) is 0 Å². The fraction of sp³-hybridized carbons (Fsp3) is 0.654. The molecule has 1 amide bonds. The van der Waals surface area contributed by atoms with Gasteiger partial charge in [0.05, 0.1) is 12.7 Å². The molecule has 2 aliphatic carbocycles. The Kier molecular flexibility index (Phi) is 7.22. The first-order valence-electron chi connectivity index (χ1n) is 11.7. The van der Waals surface area contributed by atoms with Crippen LogP contribution < -0.4 is 0 Å². The third-order valence-electron chi connectivity index (χ3n) is 7.42. The van der Waals surface area contributed by atoms with E-state index in [1.165, 1.54) is 19.8 Å². The molecule has 0 saturated carbocycles. The molecule has 1 fully saturated rings. The van der Waals surface area contributed by atoms with Crippen molar-refractivity contribution in [3.05, 3.63) is 34.1 Å². The highest BCUT2D eigenvalue weighted by molar-refractivity contribution is 6.02. The van der Waals surface area contributed by atoms with Crippen molar-refractivity contribution < 1.29 is 28.6 Å². The topological polar surface area (TPSA) is 82.1 Å². The molecule has 182 valence electrons. The number of nitrogens with zero attached hydrogens (tertiary/aromatic N) is 1. The van der Waals surface area contributed by atoms with Gasteiger partial charge in [-0.25, -0.2) is 4.79 Å². The zero-order valence-corrected chi connectivity index (χ0v) is 21.0. The maximum absolute atomic E-state index is 13.6. The second kappa shape index (κ2) is 9.45. The lowest BCUT2D eigenvalue weighted by molar-refractivity contribution is -0.153. The number of methoxy groups -OCH3 is 2. The van der Waals surface area contributed by atoms with Crippen molar-refractivity contribution in [3.63, 3.8) is 0 Å². The van der Waals surface area contributed by atoms with E-state index in [9.17, 15) is 14.4 Å². The average Bonchev–Trinajstić information content (AvgIpc) is 2.74. The Morgan fingerprint density at radius 2 is 1.76 bits per heavy atom. The van der Waals surface area contributed by atoms with Gasteiger partial charge in [-0.3, -0.25) is 9.59 Å². The van der Waals surface area contributed by atoms with Crippen LogP contribution in [0.2, 0.25) is 0 Å². The van der Waals surface area contributed by atoms with Crippen molar-refractivity contribution in [2.45, 2.75) is 72.3 Å². The summed E-state index contributed by atoms with van der Waals surface area (Å²) in [6.07, 6.45) is 4.36. The third kappa shape index (κ3) is 5.08. The maximum Gasteiger partial charge on any atom is 0.513 e. The summed E-state index contributed by atoms with van der Waals surface area (Å²) in [7, 11) is 2.80. The Bertz CT molecular complexity index is 930. The highest BCUT2D eigenvalue weighted by Crippen LogP contribution is 2.49. The molecule has 1 atom stereocenters. The summed E-state index contributed by atoms with van der Waals surface area (Å²) in [6.45, 7) is 10.8. The molecular weight excluding hydrogens is 422 g/mol. The number of hydrogen-bond donors (Lipinski definition) is 0. The summed E-state index contributed by atoms with van der Waals surface area (Å²) in [5.74, 6) is 0.522. The van der Waals surface area contributed by atoms with Gasteiger partial charge in [-0.1, -0.05) is 18.6 Å². The van der Waals surface area contributed by atoms with Crippen molar-refractivity contribution in [1.82, 2.24) is 4.90 Å². The first-order valence-corrected chi connectivity index (χ1v) is 11.7. The summed E-state index contributed by atoms with van der Waals surface area (Å²) in [4.78, 5) is 40.3. The molecule has 0 bridgehead atoms. The number of hydrogen-bond acceptors (Lipinski definition) is 6. The predicted molar refractivity (Wildman–Crippen MR) is 124 cm³/mol. The van der Waals surface area contributed by atoms with Crippen LogP contribution in [0.15, 0.2) is 34.1 Å². The van der Waals surface area contributed by atoms with Crippen LogP contribution in [-0.4, -0.2) is 55.7 Å². The highest BCUT2D eigenvalue weighted by Gasteiger charge is 2.46. The molecule has 0 N–H and O–H groups in total. The summed E-state index contributed by atoms with van der Waals surface area (Å²) >= 11 is 0. The van der Waals surface area contributed by atoms with Crippen molar-refractivity contribution in [2.75, 3.05) is 27.3 Å². The van der Waals surface area contributed by atoms with Crippen molar-refractivity contribution in [3.8, 4) is 0 Å². The molecule has 1 aliphatic heterocycles. The molecule has 3 aliphatic rings. The Hall–Kier alpha value is -2.41. The number of carbonyl (C=O) groups excluding carboxylic acids is 3. The number of piperidine rings is 1. The Morgan fingerprint density at radius 3 is 2.30 bits per heavy atom. The van der Waals surface area contributed by atoms with Gasteiger partial charge in [0.25, 0.3) is 5.91 Å². The number of ketones is 1. The highest BCUT2D eigenvalue weighted by atomic mass is 16.7. The first kappa shape index (κ1) is 25.2. The fourth-order valence-electron chi connectivity index (χ4n) is 5.54. The molecule has 7 nitrogen and oxygen atoms in total. The van der Waals surface area contributed by atoms with Crippen LogP contribution in [0, 0.1) is 11.3 Å². The van der Waals surface area contributed by atoms with E-state index in [-0.39, 0.29) is 23.0 Å². The molecule has 1 saturated heterocycles. The fourth-order valence-corrected chi connectivity index (χ4v) is 5.54. The zero-order valence-electron chi connectivity index (χ0n) is 21.0. The molecule has 33 heavy (non-hydrogen) atoms. The molecule has 1 spiro atoms. The van der Waals surface area contributed by atoms with E-state index < -0.39 is 11.8 Å². The minimum absolute atomic E-state index is 0.00584. The number of likely N-dealkylation sites (tertiary alicyclic amines) is 1. The molecule has 0 aromatic carbocycles. The maximum atomic E-state index is 13.6. The van der Waals surface area contributed by atoms with Gasteiger partial charge in [0, 0.05) is 33.0 Å². The largest absolute Gasteiger partial charge is 0.513 e. The lowest BCUT2D eigenvalue weighted by Gasteiger charge is -2.45. The van der Waals surface area contributed by atoms with E-state index in [0.29, 0.717) is 50.1 Å². The van der Waals surface area contributed by atoms with Gasteiger partial charge >= 0.3 is 6.16 Å². The van der Waals surface area contributed by atoms with Gasteiger partial charge in [-0.05, 0) is 69.4 Å². The summed E-state index contributed by atoms with van der Waals surface area (Å²) in [5, 5.41) is 0. The van der Waals surface area contributed by atoms with Gasteiger partial charge in [-0.15, -0.1) is 0 Å². The number of amides is 1. The van der Waals surface area contributed by atoms with Crippen LogP contribution >= 0.6 is 0 Å². The molecular formula is C26H37NO6. The second-order valence-electron chi connectivity index (χ2n) is 10.3. The lowest BCUT2D eigenvalue weighted by atomic mass is 9.65. The van der Waals surface area contributed by atoms with Gasteiger partial charge in [0.2, 0.25) is 0 Å². The molecule has 7 heteroatoms. The number of carbonyl (C=O) groups is 3. The Labute approximate surface area is 196 Å². The molecule has 1 unspecified atom stereocenters. The monoisotopic (exact) mass is 459 g/mol. The zero-order chi connectivity index (χ0) is 24.6. The third-order valence-corrected chi connectivity index (χ3v) is 7.42. The molecule has 0 aromatic rings. The summed E-state index contributed by atoms with van der Waals surface area (Å²) in [6, 6.07) is 0. The Morgan fingerprint density at radius 1 is 1.12 bits per heavy atom. The van der Waals surface area contributed by atoms with E-state index in [1.807, 2.05) is 11.8 Å². The standard InChI is InChI=1S/C26H37NO6/c1-16-12-17(2)21(18(3)13-16)22-19(28)14-26(15-20(22)33-24(30)31-6)8-10-27(11-9-26)23(29)25(4,5)32-7/h12,18H,8-11,13-15H2,1-7H3. The molecule has 0 aromatic heterocycles. The number of ether oxygens (including phenoxy) is 3. The second-order valence-corrected chi connectivity index (χ2v) is 10.3.